The summed E-state index contributed by atoms with van der Waals surface area (Å²) < 4.78 is 33.8. The Morgan fingerprint density at radius 1 is 0.941 bits per heavy atom. The van der Waals surface area contributed by atoms with E-state index in [0.29, 0.717) is 23.6 Å². The summed E-state index contributed by atoms with van der Waals surface area (Å²) in [7, 11) is -3.78. The van der Waals surface area contributed by atoms with Gasteiger partial charge in [0.05, 0.1) is 12.0 Å². The van der Waals surface area contributed by atoms with Crippen LogP contribution in [0.2, 0.25) is 0 Å². The molecule has 0 amide bonds. The predicted molar refractivity (Wildman–Crippen MR) is 142 cm³/mol. The molecule has 0 saturated carbocycles. The summed E-state index contributed by atoms with van der Waals surface area (Å²) >= 11 is 0. The summed E-state index contributed by atoms with van der Waals surface area (Å²) in [6.07, 6.45) is 5.00. The van der Waals surface area contributed by atoms with E-state index in [0.717, 1.165) is 27.8 Å². The lowest BCUT2D eigenvalue weighted by Gasteiger charge is -2.24. The monoisotopic (exact) mass is 477 g/mol. The van der Waals surface area contributed by atoms with Gasteiger partial charge in [-0.15, -0.1) is 0 Å². The average molecular weight is 478 g/mol. The molecule has 0 unspecified atom stereocenters. The van der Waals surface area contributed by atoms with Gasteiger partial charge in [0.25, 0.3) is 10.0 Å². The van der Waals surface area contributed by atoms with Crippen molar-refractivity contribution in [1.82, 2.24) is 4.31 Å². The quantitative estimate of drug-likeness (QED) is 0.256. The third kappa shape index (κ3) is 8.91. The van der Waals surface area contributed by atoms with Gasteiger partial charge in [0, 0.05) is 5.70 Å². The molecule has 2 aromatic carbocycles. The van der Waals surface area contributed by atoms with Crippen molar-refractivity contribution in [3.63, 3.8) is 0 Å². The first-order valence-electron chi connectivity index (χ1n) is 11.1. The van der Waals surface area contributed by atoms with Crippen molar-refractivity contribution in [2.45, 2.75) is 47.8 Å². The lowest BCUT2D eigenvalue weighted by Crippen LogP contribution is -2.27. The van der Waals surface area contributed by atoms with Gasteiger partial charge >= 0.3 is 0 Å². The predicted octanol–water partition coefficient (Wildman–Crippen LogP) is 7.11. The normalized spacial score (nSPS) is 11.9. The summed E-state index contributed by atoms with van der Waals surface area (Å²) in [5, 5.41) is 1.19. The van der Waals surface area contributed by atoms with E-state index in [1.807, 2.05) is 82.3 Å². The molecule has 0 radical (unpaired) electrons. The highest BCUT2D eigenvalue weighted by Gasteiger charge is 2.20. The van der Waals surface area contributed by atoms with Crippen molar-refractivity contribution in [1.29, 1.82) is 0 Å². The highest BCUT2D eigenvalue weighted by molar-refractivity contribution is 7.92. The third-order valence-corrected chi connectivity index (χ3v) is 6.43. The van der Waals surface area contributed by atoms with Gasteiger partial charge in [-0.25, -0.2) is 8.42 Å². The number of aryl methyl sites for hydroxylation is 2. The number of hydrogen-bond acceptors (Lipinski definition) is 3. The van der Waals surface area contributed by atoms with Crippen LogP contribution in [0.1, 0.15) is 43.0 Å². The van der Waals surface area contributed by atoms with Crippen molar-refractivity contribution < 1.29 is 13.2 Å². The van der Waals surface area contributed by atoms with Gasteiger partial charge < -0.3 is 4.74 Å². The van der Waals surface area contributed by atoms with Crippen molar-refractivity contribution >= 4 is 10.0 Å². The fourth-order valence-corrected chi connectivity index (χ4v) is 4.66. The molecule has 0 aliphatic rings. The molecule has 0 aliphatic carbocycles. The Morgan fingerprint density at radius 3 is 2.12 bits per heavy atom. The smallest absolute Gasteiger partial charge is 0.257 e. The molecule has 2 aromatic rings. The molecule has 0 fully saturated rings. The molecule has 0 atom stereocenters. The Morgan fingerprint density at radius 2 is 1.53 bits per heavy atom. The summed E-state index contributed by atoms with van der Waals surface area (Å²) in [6, 6.07) is 15.8. The Balaban J connectivity index is 2.29. The molecule has 0 saturated heterocycles. The van der Waals surface area contributed by atoms with Gasteiger partial charge in [0.15, 0.2) is 0 Å². The number of benzene rings is 2. The zero-order chi connectivity index (χ0) is 25.3. The van der Waals surface area contributed by atoms with Crippen LogP contribution >= 0.6 is 0 Å². The Kier molecular flexibility index (Phi) is 9.69. The van der Waals surface area contributed by atoms with E-state index >= 15 is 0 Å². The van der Waals surface area contributed by atoms with Crippen LogP contribution in [-0.2, 0) is 27.9 Å². The highest BCUT2D eigenvalue weighted by Crippen LogP contribution is 2.21. The van der Waals surface area contributed by atoms with E-state index < -0.39 is 10.0 Å². The molecule has 2 rings (SSSR count). The second-order valence-electron chi connectivity index (χ2n) is 8.67. The van der Waals surface area contributed by atoms with E-state index in [1.165, 1.54) is 15.8 Å². The SMILES string of the molecule is C=C(C=C(C)C)/C=C/S(=O)(=O)N(Cc1cccc(C)c1)/C(C)=C/C(=C)OCc1cccc(C)c1. The molecule has 34 heavy (non-hydrogen) atoms. The maximum atomic E-state index is 13.3. The summed E-state index contributed by atoms with van der Waals surface area (Å²) in [4.78, 5) is 0. The lowest BCUT2D eigenvalue weighted by atomic mass is 10.1. The number of rotatable bonds is 11. The van der Waals surface area contributed by atoms with Crippen LogP contribution in [0.25, 0.3) is 0 Å². The van der Waals surface area contributed by atoms with Crippen molar-refractivity contribution in [3.8, 4) is 0 Å². The maximum Gasteiger partial charge on any atom is 0.257 e. The van der Waals surface area contributed by atoms with Gasteiger partial charge in [-0.1, -0.05) is 84.5 Å². The van der Waals surface area contributed by atoms with Crippen LogP contribution in [0, 0.1) is 13.8 Å². The fraction of sp³-hybridized carbons (Fsp3) is 0.241. The van der Waals surface area contributed by atoms with E-state index in [-0.39, 0.29) is 6.54 Å². The van der Waals surface area contributed by atoms with Crippen LogP contribution in [0.4, 0.5) is 0 Å². The molecule has 4 nitrogen and oxygen atoms in total. The minimum absolute atomic E-state index is 0.191. The fourth-order valence-electron chi connectivity index (χ4n) is 3.38. The van der Waals surface area contributed by atoms with E-state index in [1.54, 1.807) is 13.0 Å². The second-order valence-corrected chi connectivity index (χ2v) is 10.4. The van der Waals surface area contributed by atoms with Gasteiger partial charge in [-0.2, -0.15) is 0 Å². The summed E-state index contributed by atoms with van der Waals surface area (Å²) in [5.41, 5.74) is 6.29. The van der Waals surface area contributed by atoms with Crippen LogP contribution in [0.3, 0.4) is 0 Å². The largest absolute Gasteiger partial charge is 0.489 e. The zero-order valence-electron chi connectivity index (χ0n) is 20.8. The third-order valence-electron chi connectivity index (χ3n) is 4.91. The Hall–Kier alpha value is -3.31. The first-order valence-corrected chi connectivity index (χ1v) is 12.6. The minimum atomic E-state index is -3.78. The minimum Gasteiger partial charge on any atom is -0.489 e. The molecule has 0 N–H and O–H groups in total. The first kappa shape index (κ1) is 26.9. The van der Waals surface area contributed by atoms with Crippen LogP contribution in [-0.4, -0.2) is 12.7 Å². The van der Waals surface area contributed by atoms with E-state index in [9.17, 15) is 8.42 Å². The number of allylic oxidation sites excluding steroid dienone is 6. The molecule has 0 aliphatic heterocycles. The molecular weight excluding hydrogens is 442 g/mol. The van der Waals surface area contributed by atoms with Crippen LogP contribution in [0.15, 0.2) is 108 Å². The number of nitrogens with zero attached hydrogens (tertiary/aromatic N) is 1. The Labute approximate surface area is 205 Å². The summed E-state index contributed by atoms with van der Waals surface area (Å²) in [5.74, 6) is 0.390. The van der Waals surface area contributed by atoms with Crippen molar-refractivity contribution in [2.24, 2.45) is 0 Å². The number of ether oxygens (including phenoxy) is 1. The Bertz CT molecular complexity index is 1230. The van der Waals surface area contributed by atoms with Gasteiger partial charge in [0.1, 0.15) is 12.4 Å². The molecule has 0 bridgehead atoms. The highest BCUT2D eigenvalue weighted by atomic mass is 32.2. The molecule has 0 spiro atoms. The first-order chi connectivity index (χ1) is 16.0. The van der Waals surface area contributed by atoms with E-state index in [4.69, 9.17) is 4.74 Å². The summed E-state index contributed by atoms with van der Waals surface area (Å²) in [6.45, 7) is 18.0. The standard InChI is InChI=1S/C29H35NO3S/c1-22(2)16-25(5)14-15-34(31,32)30(20-28-12-8-10-23(3)17-28)26(6)19-27(7)33-21-29-13-9-11-24(4)18-29/h8-19H,5,7,20-21H2,1-4,6H3/b15-14+,26-19+. The van der Waals surface area contributed by atoms with Gasteiger partial charge in [-0.05, 0) is 63.5 Å². The van der Waals surface area contributed by atoms with E-state index in [2.05, 4.69) is 13.2 Å². The molecule has 0 aromatic heterocycles. The van der Waals surface area contributed by atoms with Gasteiger partial charge in [0.2, 0.25) is 0 Å². The number of sulfonamides is 1. The van der Waals surface area contributed by atoms with Crippen LogP contribution < -0.4 is 0 Å². The molecule has 5 heteroatoms. The topological polar surface area (TPSA) is 46.6 Å². The molecular formula is C29H35NO3S. The van der Waals surface area contributed by atoms with Crippen molar-refractivity contribution in [3.05, 3.63) is 130 Å². The van der Waals surface area contributed by atoms with Gasteiger partial charge in [-0.3, -0.25) is 4.31 Å². The number of hydrogen-bond donors (Lipinski definition) is 0. The lowest BCUT2D eigenvalue weighted by molar-refractivity contribution is 0.211. The van der Waals surface area contributed by atoms with Crippen molar-refractivity contribution in [2.75, 3.05) is 0 Å². The van der Waals surface area contributed by atoms with Crippen LogP contribution in [0.5, 0.6) is 0 Å². The molecule has 0 heterocycles. The zero-order valence-corrected chi connectivity index (χ0v) is 21.7. The molecule has 180 valence electrons. The maximum absolute atomic E-state index is 13.3. The average Bonchev–Trinajstić information content (AvgIpc) is 2.74. The second kappa shape index (κ2) is 12.2.